The number of nitrogens with one attached hydrogen (secondary N) is 1. The van der Waals surface area contributed by atoms with Crippen LogP contribution in [0.3, 0.4) is 0 Å². The molecular formula is C15H32N2O. The topological polar surface area (TPSA) is 35.5 Å². The highest BCUT2D eigenvalue weighted by Gasteiger charge is 2.31. The summed E-state index contributed by atoms with van der Waals surface area (Å²) in [4.78, 5) is 2.43. The summed E-state index contributed by atoms with van der Waals surface area (Å²) < 4.78 is 0. The Labute approximate surface area is 113 Å². The molecule has 0 atom stereocenters. The summed E-state index contributed by atoms with van der Waals surface area (Å²) in [6.45, 7) is 13.6. The number of aliphatic hydroxyl groups excluding tert-OH is 1. The minimum absolute atomic E-state index is 0.0110. The first kappa shape index (κ1) is 15.9. The van der Waals surface area contributed by atoms with Crippen molar-refractivity contribution in [3.8, 4) is 0 Å². The van der Waals surface area contributed by atoms with E-state index in [1.54, 1.807) is 0 Å². The van der Waals surface area contributed by atoms with Crippen LogP contribution in [0, 0.1) is 16.7 Å². The Balaban J connectivity index is 2.35. The number of likely N-dealkylation sites (tertiary alicyclic amines) is 1. The SMILES string of the molecule is CN1CCC(C(C)(C)CNCC(C)(C)CO)CC1. The van der Waals surface area contributed by atoms with Gasteiger partial charge in [0.05, 0.1) is 0 Å². The zero-order chi connectivity index (χ0) is 13.8. The summed E-state index contributed by atoms with van der Waals surface area (Å²) in [7, 11) is 2.21. The van der Waals surface area contributed by atoms with Crippen LogP contribution in [0.1, 0.15) is 40.5 Å². The number of aliphatic hydroxyl groups is 1. The number of hydrogen-bond acceptors (Lipinski definition) is 3. The van der Waals surface area contributed by atoms with E-state index in [2.05, 4.69) is 45.0 Å². The summed E-state index contributed by atoms with van der Waals surface area (Å²) in [6.07, 6.45) is 2.63. The van der Waals surface area contributed by atoms with Crippen molar-refractivity contribution in [3.05, 3.63) is 0 Å². The lowest BCUT2D eigenvalue weighted by atomic mass is 9.73. The van der Waals surface area contributed by atoms with E-state index in [4.69, 9.17) is 0 Å². The van der Waals surface area contributed by atoms with Crippen LogP contribution in [0.4, 0.5) is 0 Å². The summed E-state index contributed by atoms with van der Waals surface area (Å²) in [5, 5.41) is 12.8. The molecule has 2 N–H and O–H groups in total. The first-order valence-electron chi connectivity index (χ1n) is 7.27. The zero-order valence-corrected chi connectivity index (χ0v) is 12.9. The van der Waals surface area contributed by atoms with Gasteiger partial charge in [-0.3, -0.25) is 0 Å². The quantitative estimate of drug-likeness (QED) is 0.762. The molecule has 3 heteroatoms. The number of hydrogen-bond donors (Lipinski definition) is 2. The Morgan fingerprint density at radius 1 is 1.11 bits per heavy atom. The smallest absolute Gasteiger partial charge is 0.0494 e. The lowest BCUT2D eigenvalue weighted by Crippen LogP contribution is -2.44. The van der Waals surface area contributed by atoms with Crippen LogP contribution in [0.25, 0.3) is 0 Å². The van der Waals surface area contributed by atoms with Crippen molar-refractivity contribution in [3.63, 3.8) is 0 Å². The molecule has 0 aromatic carbocycles. The van der Waals surface area contributed by atoms with Gasteiger partial charge in [0.15, 0.2) is 0 Å². The predicted octanol–water partition coefficient (Wildman–Crippen LogP) is 1.96. The molecular weight excluding hydrogens is 224 g/mol. The van der Waals surface area contributed by atoms with Crippen LogP contribution in [-0.4, -0.2) is 49.8 Å². The van der Waals surface area contributed by atoms with Gasteiger partial charge < -0.3 is 15.3 Å². The highest BCUT2D eigenvalue weighted by Crippen LogP contribution is 2.34. The molecule has 1 aliphatic heterocycles. The van der Waals surface area contributed by atoms with Gasteiger partial charge in [0, 0.05) is 25.1 Å². The van der Waals surface area contributed by atoms with Crippen molar-refractivity contribution >= 4 is 0 Å². The zero-order valence-electron chi connectivity index (χ0n) is 12.9. The largest absolute Gasteiger partial charge is 0.396 e. The third-order valence-electron chi connectivity index (χ3n) is 4.44. The van der Waals surface area contributed by atoms with Crippen LogP contribution in [0.2, 0.25) is 0 Å². The van der Waals surface area contributed by atoms with Crippen LogP contribution >= 0.6 is 0 Å². The molecule has 0 aliphatic carbocycles. The molecule has 0 aromatic heterocycles. The molecule has 1 aliphatic rings. The molecule has 18 heavy (non-hydrogen) atoms. The van der Waals surface area contributed by atoms with Crippen LogP contribution in [-0.2, 0) is 0 Å². The first-order valence-corrected chi connectivity index (χ1v) is 7.27. The van der Waals surface area contributed by atoms with E-state index in [9.17, 15) is 5.11 Å². The lowest BCUT2D eigenvalue weighted by Gasteiger charge is -2.40. The van der Waals surface area contributed by atoms with Gasteiger partial charge in [-0.1, -0.05) is 27.7 Å². The normalized spacial score (nSPS) is 20.3. The maximum atomic E-state index is 9.26. The minimum atomic E-state index is -0.0110. The van der Waals surface area contributed by atoms with Gasteiger partial charge in [-0.2, -0.15) is 0 Å². The van der Waals surface area contributed by atoms with E-state index >= 15 is 0 Å². The summed E-state index contributed by atoms with van der Waals surface area (Å²) in [5.41, 5.74) is 0.343. The van der Waals surface area contributed by atoms with Crippen molar-refractivity contribution in [1.29, 1.82) is 0 Å². The van der Waals surface area contributed by atoms with Gasteiger partial charge in [0.1, 0.15) is 0 Å². The average molecular weight is 256 g/mol. The standard InChI is InChI=1S/C15H32N2O/c1-14(2,12-18)10-16-11-15(3,4)13-6-8-17(5)9-7-13/h13,16,18H,6-12H2,1-5H3. The summed E-state index contributed by atoms with van der Waals surface area (Å²) in [5.74, 6) is 0.818. The predicted molar refractivity (Wildman–Crippen MR) is 77.7 cm³/mol. The van der Waals surface area contributed by atoms with Gasteiger partial charge in [-0.25, -0.2) is 0 Å². The minimum Gasteiger partial charge on any atom is -0.396 e. The highest BCUT2D eigenvalue weighted by molar-refractivity contribution is 4.85. The third-order valence-corrected chi connectivity index (χ3v) is 4.44. The van der Waals surface area contributed by atoms with Crippen LogP contribution in [0.5, 0.6) is 0 Å². The van der Waals surface area contributed by atoms with Gasteiger partial charge >= 0.3 is 0 Å². The van der Waals surface area contributed by atoms with Crippen molar-refractivity contribution in [2.45, 2.75) is 40.5 Å². The summed E-state index contributed by atoms with van der Waals surface area (Å²) >= 11 is 0. The van der Waals surface area contributed by atoms with Crippen LogP contribution in [0.15, 0.2) is 0 Å². The second kappa shape index (κ2) is 6.36. The Morgan fingerprint density at radius 2 is 1.67 bits per heavy atom. The van der Waals surface area contributed by atoms with Crippen molar-refractivity contribution in [2.75, 3.05) is 39.8 Å². The molecule has 0 saturated carbocycles. The molecule has 1 heterocycles. The fourth-order valence-corrected chi connectivity index (χ4v) is 2.71. The van der Waals surface area contributed by atoms with E-state index in [0.29, 0.717) is 5.41 Å². The fourth-order valence-electron chi connectivity index (χ4n) is 2.71. The monoisotopic (exact) mass is 256 g/mol. The molecule has 0 radical (unpaired) electrons. The first-order chi connectivity index (χ1) is 8.27. The van der Waals surface area contributed by atoms with Gasteiger partial charge in [-0.05, 0) is 44.3 Å². The third kappa shape index (κ3) is 4.87. The number of piperidine rings is 1. The molecule has 0 aromatic rings. The van der Waals surface area contributed by atoms with E-state index in [1.807, 2.05) is 0 Å². The molecule has 1 saturated heterocycles. The van der Waals surface area contributed by atoms with Crippen molar-refractivity contribution < 1.29 is 5.11 Å². The Kier molecular flexibility index (Phi) is 5.63. The van der Waals surface area contributed by atoms with Gasteiger partial charge in [0.25, 0.3) is 0 Å². The lowest BCUT2D eigenvalue weighted by molar-refractivity contribution is 0.104. The maximum Gasteiger partial charge on any atom is 0.0494 e. The molecule has 0 bridgehead atoms. The van der Waals surface area contributed by atoms with Gasteiger partial charge in [-0.15, -0.1) is 0 Å². The Morgan fingerprint density at radius 3 is 2.17 bits per heavy atom. The second-order valence-electron chi connectivity index (χ2n) is 7.49. The summed E-state index contributed by atoms with van der Waals surface area (Å²) in [6, 6.07) is 0. The molecule has 0 unspecified atom stereocenters. The van der Waals surface area contributed by atoms with E-state index in [-0.39, 0.29) is 12.0 Å². The van der Waals surface area contributed by atoms with Crippen LogP contribution < -0.4 is 5.32 Å². The number of nitrogens with zero attached hydrogens (tertiary/aromatic N) is 1. The van der Waals surface area contributed by atoms with Gasteiger partial charge in [0.2, 0.25) is 0 Å². The van der Waals surface area contributed by atoms with E-state index in [0.717, 1.165) is 19.0 Å². The van der Waals surface area contributed by atoms with E-state index in [1.165, 1.54) is 25.9 Å². The molecule has 0 amide bonds. The van der Waals surface area contributed by atoms with E-state index < -0.39 is 0 Å². The Bertz CT molecular complexity index is 243. The number of rotatable bonds is 6. The molecule has 3 nitrogen and oxygen atoms in total. The Hall–Kier alpha value is -0.120. The molecule has 1 rings (SSSR count). The maximum absolute atomic E-state index is 9.26. The average Bonchev–Trinajstić information content (AvgIpc) is 2.29. The second-order valence-corrected chi connectivity index (χ2v) is 7.49. The molecule has 108 valence electrons. The molecule has 1 fully saturated rings. The molecule has 0 spiro atoms. The fraction of sp³-hybridized carbons (Fsp3) is 1.00. The highest BCUT2D eigenvalue weighted by atomic mass is 16.3. The van der Waals surface area contributed by atoms with Crippen molar-refractivity contribution in [1.82, 2.24) is 10.2 Å². The van der Waals surface area contributed by atoms with Crippen molar-refractivity contribution in [2.24, 2.45) is 16.7 Å².